The maximum atomic E-state index is 13.3. The Bertz CT molecular complexity index is 989. The molecule has 0 spiro atoms. The molecule has 5 nitrogen and oxygen atoms in total. The Balaban J connectivity index is 1.78. The van der Waals surface area contributed by atoms with Gasteiger partial charge in [-0.25, -0.2) is 8.42 Å². The Labute approximate surface area is 183 Å². The fraction of sp³-hybridized carbons (Fsp3) is 0.435. The lowest BCUT2D eigenvalue weighted by Gasteiger charge is -2.31. The number of benzene rings is 2. The van der Waals surface area contributed by atoms with Gasteiger partial charge >= 0.3 is 0 Å². The highest BCUT2D eigenvalue weighted by Gasteiger charge is 2.36. The third-order valence-electron chi connectivity index (χ3n) is 5.38. The molecular weight excluding hydrogens is 422 g/mol. The van der Waals surface area contributed by atoms with Crippen molar-refractivity contribution >= 4 is 27.3 Å². The van der Waals surface area contributed by atoms with Crippen molar-refractivity contribution in [2.45, 2.75) is 51.8 Å². The van der Waals surface area contributed by atoms with Crippen molar-refractivity contribution in [1.29, 1.82) is 0 Å². The number of ether oxygens (including phenoxy) is 1. The van der Waals surface area contributed by atoms with Crippen LogP contribution in [0.5, 0.6) is 5.75 Å². The molecule has 2 unspecified atom stereocenters. The van der Waals surface area contributed by atoms with Crippen LogP contribution in [0.25, 0.3) is 0 Å². The maximum absolute atomic E-state index is 13.3. The lowest BCUT2D eigenvalue weighted by atomic mass is 10.0. The fourth-order valence-corrected chi connectivity index (χ4v) is 5.60. The summed E-state index contributed by atoms with van der Waals surface area (Å²) >= 11 is 6.09. The number of hydrogen-bond acceptors (Lipinski definition) is 4. The largest absolute Gasteiger partial charge is 0.481 e. The average Bonchev–Trinajstić information content (AvgIpc) is 3.05. The molecule has 1 amide bonds. The minimum absolute atomic E-state index is 0.0187. The number of carbonyl (C=O) groups is 1. The summed E-state index contributed by atoms with van der Waals surface area (Å²) < 4.78 is 30.0. The molecule has 1 aliphatic rings. The van der Waals surface area contributed by atoms with E-state index in [0.717, 1.165) is 5.56 Å². The molecule has 1 aliphatic heterocycles. The molecule has 2 aromatic rings. The lowest BCUT2D eigenvalue weighted by Crippen LogP contribution is -2.46. The van der Waals surface area contributed by atoms with Crippen LogP contribution in [0.4, 0.5) is 0 Å². The van der Waals surface area contributed by atoms with Crippen molar-refractivity contribution in [3.63, 3.8) is 0 Å². The zero-order valence-corrected chi connectivity index (χ0v) is 19.1. The van der Waals surface area contributed by atoms with Crippen molar-refractivity contribution in [2.75, 3.05) is 11.5 Å². The van der Waals surface area contributed by atoms with E-state index in [4.69, 9.17) is 16.3 Å². The van der Waals surface area contributed by atoms with E-state index in [1.54, 1.807) is 24.0 Å². The predicted octanol–water partition coefficient (Wildman–Crippen LogP) is 4.45. The van der Waals surface area contributed by atoms with Crippen LogP contribution in [0.15, 0.2) is 48.5 Å². The molecule has 0 bridgehead atoms. The second kappa shape index (κ2) is 9.40. The number of nitrogens with zero attached hydrogens (tertiary/aromatic N) is 1. The molecule has 0 aromatic heterocycles. The van der Waals surface area contributed by atoms with Crippen LogP contribution in [0.3, 0.4) is 0 Å². The summed E-state index contributed by atoms with van der Waals surface area (Å²) in [5, 5.41) is 0.577. The van der Waals surface area contributed by atoms with E-state index >= 15 is 0 Å². The van der Waals surface area contributed by atoms with Gasteiger partial charge in [-0.3, -0.25) is 4.79 Å². The van der Waals surface area contributed by atoms with Crippen LogP contribution in [-0.4, -0.2) is 42.9 Å². The predicted molar refractivity (Wildman–Crippen MR) is 120 cm³/mol. The monoisotopic (exact) mass is 449 g/mol. The second-order valence-corrected chi connectivity index (χ2v) is 10.8. The van der Waals surface area contributed by atoms with E-state index < -0.39 is 15.9 Å². The van der Waals surface area contributed by atoms with Crippen LogP contribution in [0.2, 0.25) is 5.02 Å². The van der Waals surface area contributed by atoms with Gasteiger partial charge in [0, 0.05) is 17.6 Å². The van der Waals surface area contributed by atoms with E-state index in [9.17, 15) is 13.2 Å². The van der Waals surface area contributed by atoms with Crippen molar-refractivity contribution in [3.8, 4) is 5.75 Å². The van der Waals surface area contributed by atoms with Gasteiger partial charge in [-0.1, -0.05) is 49.7 Å². The summed E-state index contributed by atoms with van der Waals surface area (Å²) in [6.07, 6.45) is -0.304. The molecule has 0 saturated carbocycles. The summed E-state index contributed by atoms with van der Waals surface area (Å²) in [7, 11) is -3.13. The van der Waals surface area contributed by atoms with Crippen molar-refractivity contribution < 1.29 is 17.9 Å². The van der Waals surface area contributed by atoms with Crippen molar-refractivity contribution in [3.05, 3.63) is 64.7 Å². The molecule has 162 valence electrons. The molecular formula is C23H28ClNO4S. The number of sulfone groups is 1. The Morgan fingerprint density at radius 2 is 1.87 bits per heavy atom. The fourth-order valence-electron chi connectivity index (χ4n) is 3.66. The Hall–Kier alpha value is -2.05. The van der Waals surface area contributed by atoms with Gasteiger partial charge in [0.2, 0.25) is 0 Å². The Kier molecular flexibility index (Phi) is 7.09. The summed E-state index contributed by atoms with van der Waals surface area (Å²) in [6, 6.07) is 14.6. The highest BCUT2D eigenvalue weighted by molar-refractivity contribution is 7.91. The molecule has 30 heavy (non-hydrogen) atoms. The molecule has 1 fully saturated rings. The van der Waals surface area contributed by atoms with E-state index in [1.165, 1.54) is 5.56 Å². The maximum Gasteiger partial charge on any atom is 0.263 e. The van der Waals surface area contributed by atoms with Gasteiger partial charge in [0.25, 0.3) is 5.91 Å². The van der Waals surface area contributed by atoms with Gasteiger partial charge in [0.15, 0.2) is 15.9 Å². The van der Waals surface area contributed by atoms with Gasteiger partial charge < -0.3 is 9.64 Å². The normalized spacial score (nSPS) is 18.9. The van der Waals surface area contributed by atoms with E-state index in [-0.39, 0.29) is 23.5 Å². The molecule has 0 radical (unpaired) electrons. The lowest BCUT2D eigenvalue weighted by molar-refractivity contribution is -0.140. The molecule has 0 aliphatic carbocycles. The minimum Gasteiger partial charge on any atom is -0.481 e. The van der Waals surface area contributed by atoms with E-state index in [0.29, 0.717) is 29.7 Å². The molecule has 2 aromatic carbocycles. The number of rotatable bonds is 7. The number of amides is 1. The first-order valence-electron chi connectivity index (χ1n) is 10.2. The molecule has 0 N–H and O–H groups in total. The van der Waals surface area contributed by atoms with Crippen molar-refractivity contribution in [2.24, 2.45) is 0 Å². The average molecular weight is 450 g/mol. The third kappa shape index (κ3) is 5.76. The highest BCUT2D eigenvalue weighted by Crippen LogP contribution is 2.24. The van der Waals surface area contributed by atoms with E-state index in [2.05, 4.69) is 13.8 Å². The van der Waals surface area contributed by atoms with Crippen LogP contribution >= 0.6 is 11.6 Å². The first kappa shape index (κ1) is 22.6. The first-order chi connectivity index (χ1) is 14.1. The third-order valence-corrected chi connectivity index (χ3v) is 7.37. The van der Waals surface area contributed by atoms with Crippen LogP contribution in [0, 0.1) is 0 Å². The standard InChI is InChI=1S/C23H28ClNO4S/c1-16(2)19-7-9-22(10-8-19)29-17(3)23(26)25(21-11-12-30(27,28)15-21)14-18-5-4-6-20(24)13-18/h4-10,13,16-17,21H,11-12,14-15H2,1-3H3. The van der Waals surface area contributed by atoms with Crippen molar-refractivity contribution in [1.82, 2.24) is 4.90 Å². The number of hydrogen-bond donors (Lipinski definition) is 0. The Morgan fingerprint density at radius 1 is 1.17 bits per heavy atom. The van der Waals surface area contributed by atoms with Gasteiger partial charge in [-0.2, -0.15) is 0 Å². The highest BCUT2D eigenvalue weighted by atomic mass is 35.5. The summed E-state index contributed by atoms with van der Waals surface area (Å²) in [5.74, 6) is 0.875. The molecule has 7 heteroatoms. The zero-order chi connectivity index (χ0) is 21.9. The Morgan fingerprint density at radius 3 is 2.43 bits per heavy atom. The summed E-state index contributed by atoms with van der Waals surface area (Å²) in [6.45, 7) is 6.23. The number of carbonyl (C=O) groups excluding carboxylic acids is 1. The first-order valence-corrected chi connectivity index (χ1v) is 12.4. The van der Waals surface area contributed by atoms with Gasteiger partial charge in [0.05, 0.1) is 11.5 Å². The van der Waals surface area contributed by atoms with Crippen LogP contribution in [-0.2, 0) is 21.2 Å². The SMILES string of the molecule is CC(Oc1ccc(C(C)C)cc1)C(=O)N(Cc1cccc(Cl)c1)C1CCS(=O)(=O)C1. The molecule has 1 saturated heterocycles. The second-order valence-electron chi connectivity index (χ2n) is 8.14. The molecule has 2 atom stereocenters. The van der Waals surface area contributed by atoms with Crippen LogP contribution in [0.1, 0.15) is 44.2 Å². The zero-order valence-electron chi connectivity index (χ0n) is 17.5. The van der Waals surface area contributed by atoms with Gasteiger partial charge in [0.1, 0.15) is 5.75 Å². The topological polar surface area (TPSA) is 63.7 Å². The van der Waals surface area contributed by atoms with Gasteiger partial charge in [-0.15, -0.1) is 0 Å². The minimum atomic E-state index is -3.13. The number of halogens is 1. The summed E-state index contributed by atoms with van der Waals surface area (Å²) in [4.78, 5) is 14.9. The smallest absolute Gasteiger partial charge is 0.263 e. The van der Waals surface area contributed by atoms with Gasteiger partial charge in [-0.05, 0) is 54.7 Å². The quantitative estimate of drug-likeness (QED) is 0.626. The summed E-state index contributed by atoms with van der Waals surface area (Å²) in [5.41, 5.74) is 2.05. The van der Waals surface area contributed by atoms with E-state index in [1.807, 2.05) is 36.4 Å². The van der Waals surface area contributed by atoms with Crippen LogP contribution < -0.4 is 4.74 Å². The molecule has 1 heterocycles. The molecule has 3 rings (SSSR count).